The van der Waals surface area contributed by atoms with Crippen molar-refractivity contribution in [3.63, 3.8) is 0 Å². The van der Waals surface area contributed by atoms with Gasteiger partial charge in [-0.25, -0.2) is 4.79 Å². The molecule has 0 fully saturated rings. The Morgan fingerprint density at radius 3 is 2.30 bits per heavy atom. The molecule has 3 aromatic rings. The Hall–Kier alpha value is -4.26. The molecule has 37 heavy (non-hydrogen) atoms. The molecule has 0 atom stereocenters. The summed E-state index contributed by atoms with van der Waals surface area (Å²) in [4.78, 5) is 28.1. The molecule has 0 radical (unpaired) electrons. The number of aromatic nitrogens is 1. The third-order valence-electron chi connectivity index (χ3n) is 6.54. The van der Waals surface area contributed by atoms with E-state index in [1.165, 1.54) is 12.0 Å². The van der Waals surface area contributed by atoms with Gasteiger partial charge in [0.1, 0.15) is 11.5 Å². The molecule has 192 valence electrons. The third-order valence-corrected chi connectivity index (χ3v) is 6.54. The maximum absolute atomic E-state index is 13.7. The summed E-state index contributed by atoms with van der Waals surface area (Å²) in [6, 6.07) is 15.2. The van der Waals surface area contributed by atoms with E-state index in [2.05, 4.69) is 10.6 Å². The summed E-state index contributed by atoms with van der Waals surface area (Å²) < 4.78 is 18.3. The molecule has 1 aromatic heterocycles. The maximum atomic E-state index is 13.7. The van der Waals surface area contributed by atoms with Gasteiger partial charge < -0.3 is 18.8 Å². The Kier molecular flexibility index (Phi) is 7.25. The maximum Gasteiger partial charge on any atom is 0.340 e. The molecule has 0 aliphatic carbocycles. The molecule has 0 saturated carbocycles. The summed E-state index contributed by atoms with van der Waals surface area (Å²) in [6.07, 6.45) is 1.77. The highest BCUT2D eigenvalue weighted by molar-refractivity contribution is 6.23. The van der Waals surface area contributed by atoms with E-state index in [1.807, 2.05) is 58.0 Å². The van der Waals surface area contributed by atoms with Gasteiger partial charge in [0.15, 0.2) is 0 Å². The first-order valence-corrected chi connectivity index (χ1v) is 12.1. The average Bonchev–Trinajstić information content (AvgIpc) is 3.30. The molecule has 1 aliphatic heterocycles. The fraction of sp³-hybridized carbons (Fsp3) is 0.267. The number of aryl methyl sites for hydroxylation is 2. The Morgan fingerprint density at radius 1 is 0.973 bits per heavy atom. The van der Waals surface area contributed by atoms with Crippen molar-refractivity contribution in [3.8, 4) is 17.2 Å². The van der Waals surface area contributed by atoms with Crippen LogP contribution >= 0.6 is 0 Å². The lowest BCUT2D eigenvalue weighted by Gasteiger charge is -2.18. The number of benzene rings is 2. The van der Waals surface area contributed by atoms with Crippen LogP contribution in [-0.4, -0.2) is 37.3 Å². The zero-order valence-electron chi connectivity index (χ0n) is 22.3. The van der Waals surface area contributed by atoms with Crippen molar-refractivity contribution in [2.24, 2.45) is 0 Å². The number of carbonyl (C=O) groups is 2. The molecule has 1 amide bonds. The number of carbonyl (C=O) groups excluding carboxylic acids is 2. The van der Waals surface area contributed by atoms with Gasteiger partial charge in [0, 0.05) is 22.8 Å². The van der Waals surface area contributed by atoms with E-state index in [4.69, 9.17) is 14.2 Å². The largest absolute Gasteiger partial charge is 0.495 e. The van der Waals surface area contributed by atoms with Crippen LogP contribution in [0.3, 0.4) is 0 Å². The van der Waals surface area contributed by atoms with Crippen molar-refractivity contribution in [2.75, 3.05) is 25.7 Å². The van der Waals surface area contributed by atoms with Crippen LogP contribution in [0.15, 0.2) is 65.4 Å². The van der Waals surface area contributed by atoms with Crippen LogP contribution in [0.2, 0.25) is 0 Å². The predicted octanol–water partition coefficient (Wildman–Crippen LogP) is 5.69. The Bertz CT molecular complexity index is 1430. The minimum atomic E-state index is -0.556. The Morgan fingerprint density at radius 2 is 1.68 bits per heavy atom. The normalized spacial score (nSPS) is 14.5. The van der Waals surface area contributed by atoms with Crippen molar-refractivity contribution in [1.29, 1.82) is 0 Å². The number of allylic oxidation sites excluding steroid dienone is 1. The van der Waals surface area contributed by atoms with Crippen molar-refractivity contribution < 1.29 is 23.8 Å². The molecule has 2 aromatic carbocycles. The predicted molar refractivity (Wildman–Crippen MR) is 144 cm³/mol. The second-order valence-corrected chi connectivity index (χ2v) is 8.91. The van der Waals surface area contributed by atoms with Gasteiger partial charge in [0.05, 0.1) is 37.7 Å². The van der Waals surface area contributed by atoms with E-state index in [0.29, 0.717) is 23.7 Å². The Labute approximate surface area is 217 Å². The molecule has 1 aliphatic rings. The second kappa shape index (κ2) is 10.4. The smallest absolute Gasteiger partial charge is 0.340 e. The molecule has 7 nitrogen and oxygen atoms in total. The fourth-order valence-electron chi connectivity index (χ4n) is 4.78. The molecule has 4 rings (SSSR count). The minimum Gasteiger partial charge on any atom is -0.495 e. The number of esters is 1. The molecular formula is C30H32N2O5. The molecule has 0 saturated heterocycles. The monoisotopic (exact) mass is 500 g/mol. The van der Waals surface area contributed by atoms with Gasteiger partial charge in [-0.05, 0) is 94.3 Å². The zero-order chi connectivity index (χ0) is 26.9. The van der Waals surface area contributed by atoms with Crippen LogP contribution in [0, 0.1) is 20.8 Å². The molecule has 2 heterocycles. The van der Waals surface area contributed by atoms with E-state index in [0.717, 1.165) is 34.0 Å². The molecule has 0 bridgehead atoms. The number of hydrogen-bond donors (Lipinski definition) is 0. The highest BCUT2D eigenvalue weighted by atomic mass is 16.5. The van der Waals surface area contributed by atoms with E-state index in [9.17, 15) is 9.59 Å². The van der Waals surface area contributed by atoms with Gasteiger partial charge in [-0.1, -0.05) is 6.07 Å². The van der Waals surface area contributed by atoms with Crippen LogP contribution < -0.4 is 14.4 Å². The van der Waals surface area contributed by atoms with Crippen molar-refractivity contribution in [2.45, 2.75) is 34.6 Å². The first-order chi connectivity index (χ1) is 17.7. The summed E-state index contributed by atoms with van der Waals surface area (Å²) in [5.74, 6) is 0.610. The third kappa shape index (κ3) is 4.65. The number of nitrogens with zero attached hydrogens (tertiary/aromatic N) is 2. The molecule has 0 N–H and O–H groups in total. The molecular weight excluding hydrogens is 468 g/mol. The van der Waals surface area contributed by atoms with Gasteiger partial charge in [-0.2, -0.15) is 0 Å². The number of rotatable bonds is 7. The Balaban J connectivity index is 1.83. The van der Waals surface area contributed by atoms with E-state index in [-0.39, 0.29) is 17.1 Å². The standard InChI is InChI=1S/C30H32N2O5/c1-8-37-24-12-10-23(11-13-24)32-21(5)28(30(34)36-7)25(29(32)33)17-22-16-19(3)31(20(22)4)26-15-18(2)9-14-27(26)35-6/h9-17H,8H2,1-7H3/b25-17-. The number of methoxy groups -OCH3 is 2. The summed E-state index contributed by atoms with van der Waals surface area (Å²) >= 11 is 0. The second-order valence-electron chi connectivity index (χ2n) is 8.91. The van der Waals surface area contributed by atoms with Crippen LogP contribution in [0.5, 0.6) is 11.5 Å². The first-order valence-electron chi connectivity index (χ1n) is 12.1. The highest BCUT2D eigenvalue weighted by Gasteiger charge is 2.38. The van der Waals surface area contributed by atoms with Crippen LogP contribution in [-0.2, 0) is 14.3 Å². The van der Waals surface area contributed by atoms with Gasteiger partial charge >= 0.3 is 5.97 Å². The van der Waals surface area contributed by atoms with Crippen molar-refractivity contribution in [1.82, 2.24) is 4.57 Å². The summed E-state index contributed by atoms with van der Waals surface area (Å²) in [5.41, 5.74) is 6.43. The average molecular weight is 501 g/mol. The number of anilines is 1. The number of amides is 1. The summed E-state index contributed by atoms with van der Waals surface area (Å²) in [7, 11) is 2.97. The van der Waals surface area contributed by atoms with Crippen LogP contribution in [0.1, 0.15) is 36.4 Å². The van der Waals surface area contributed by atoms with Gasteiger partial charge in [0.25, 0.3) is 5.91 Å². The van der Waals surface area contributed by atoms with Crippen molar-refractivity contribution in [3.05, 3.63) is 87.9 Å². The van der Waals surface area contributed by atoms with Gasteiger partial charge in [0.2, 0.25) is 0 Å². The van der Waals surface area contributed by atoms with Crippen LogP contribution in [0.4, 0.5) is 5.69 Å². The lowest BCUT2D eigenvalue weighted by Crippen LogP contribution is -2.24. The van der Waals surface area contributed by atoms with Crippen molar-refractivity contribution >= 4 is 23.6 Å². The van der Waals surface area contributed by atoms with E-state index >= 15 is 0 Å². The summed E-state index contributed by atoms with van der Waals surface area (Å²) in [5, 5.41) is 0. The van der Waals surface area contributed by atoms with Gasteiger partial charge in [-0.3, -0.25) is 9.69 Å². The molecule has 7 heteroatoms. The topological polar surface area (TPSA) is 70.0 Å². The lowest BCUT2D eigenvalue weighted by atomic mass is 10.0. The number of hydrogen-bond acceptors (Lipinski definition) is 5. The quantitative estimate of drug-likeness (QED) is 0.308. The van der Waals surface area contributed by atoms with Crippen LogP contribution in [0.25, 0.3) is 11.8 Å². The summed E-state index contributed by atoms with van der Waals surface area (Å²) in [6.45, 7) is 10.2. The van der Waals surface area contributed by atoms with Gasteiger partial charge in [-0.15, -0.1) is 0 Å². The van der Waals surface area contributed by atoms with E-state index in [1.54, 1.807) is 32.2 Å². The lowest BCUT2D eigenvalue weighted by molar-refractivity contribution is -0.136. The highest BCUT2D eigenvalue weighted by Crippen LogP contribution is 2.37. The fourth-order valence-corrected chi connectivity index (χ4v) is 4.78. The zero-order valence-corrected chi connectivity index (χ0v) is 22.3. The number of ether oxygens (including phenoxy) is 3. The first kappa shape index (κ1) is 25.8. The minimum absolute atomic E-state index is 0.249. The van der Waals surface area contributed by atoms with E-state index < -0.39 is 5.97 Å². The molecule has 0 spiro atoms. The molecule has 0 unspecified atom stereocenters. The SMILES string of the molecule is CCOc1ccc(N2C(=O)/C(=C\c3cc(C)n(-c4cc(C)ccc4OC)c3C)C(C(=O)OC)=C2C)cc1.